The van der Waals surface area contributed by atoms with Gasteiger partial charge in [0.15, 0.2) is 0 Å². The van der Waals surface area contributed by atoms with E-state index in [0.717, 1.165) is 36.6 Å². The van der Waals surface area contributed by atoms with Gasteiger partial charge in [0.1, 0.15) is 5.82 Å². The van der Waals surface area contributed by atoms with Gasteiger partial charge in [0.25, 0.3) is 0 Å². The van der Waals surface area contributed by atoms with Gasteiger partial charge in [-0.15, -0.1) is 0 Å². The number of pyridine rings is 1. The molecule has 0 bridgehead atoms. The minimum atomic E-state index is -3.28. The summed E-state index contributed by atoms with van der Waals surface area (Å²) in [7, 11) is -3.28. The van der Waals surface area contributed by atoms with E-state index in [-0.39, 0.29) is 5.25 Å². The number of aryl methyl sites for hydroxylation is 1. The number of nitrogens with one attached hydrogen (secondary N) is 1. The van der Waals surface area contributed by atoms with Gasteiger partial charge in [-0.05, 0) is 38.7 Å². The lowest BCUT2D eigenvalue weighted by Gasteiger charge is -2.22. The number of sulfonamides is 1. The molecule has 130 valence electrons. The topological polar surface area (TPSA) is 62.3 Å². The van der Waals surface area contributed by atoms with Crippen LogP contribution in [0.3, 0.4) is 0 Å². The first-order chi connectivity index (χ1) is 11.0. The largest absolute Gasteiger partial charge is 0.356 e. The standard InChI is InChI=1S/C17H29N3O2S/c1-4-8-16(5-2)23(21,22)18-13-15-10-9-14(3)19-17(15)20-11-6-7-12-20/h9-10,16,18H,4-8,11-13H2,1-3H3. The number of aromatic nitrogens is 1. The van der Waals surface area contributed by atoms with Gasteiger partial charge >= 0.3 is 0 Å². The summed E-state index contributed by atoms with van der Waals surface area (Å²) in [5, 5.41) is -0.304. The zero-order chi connectivity index (χ0) is 16.9. The fourth-order valence-corrected chi connectivity index (χ4v) is 4.69. The molecule has 0 aliphatic carbocycles. The van der Waals surface area contributed by atoms with E-state index in [1.807, 2.05) is 32.9 Å². The maximum atomic E-state index is 12.5. The Morgan fingerprint density at radius 3 is 2.57 bits per heavy atom. The maximum absolute atomic E-state index is 12.5. The van der Waals surface area contributed by atoms with Crippen LogP contribution in [0.25, 0.3) is 0 Å². The third kappa shape index (κ3) is 4.67. The highest BCUT2D eigenvalue weighted by Crippen LogP contribution is 2.23. The summed E-state index contributed by atoms with van der Waals surface area (Å²) in [5.41, 5.74) is 1.93. The SMILES string of the molecule is CCCC(CC)S(=O)(=O)NCc1ccc(C)nc1N1CCCC1. The molecule has 1 aromatic heterocycles. The second-order valence-corrected chi connectivity index (χ2v) is 8.36. The number of anilines is 1. The van der Waals surface area contributed by atoms with Gasteiger partial charge in [0.05, 0.1) is 5.25 Å². The Bertz CT molecular complexity index is 610. The molecule has 6 heteroatoms. The summed E-state index contributed by atoms with van der Waals surface area (Å²) in [6.45, 7) is 8.26. The lowest BCUT2D eigenvalue weighted by molar-refractivity contribution is 0.549. The number of hydrogen-bond donors (Lipinski definition) is 1. The van der Waals surface area contributed by atoms with Crippen molar-refractivity contribution < 1.29 is 8.42 Å². The van der Waals surface area contributed by atoms with Crippen molar-refractivity contribution in [3.8, 4) is 0 Å². The molecule has 2 heterocycles. The average molecular weight is 340 g/mol. The molecule has 23 heavy (non-hydrogen) atoms. The first-order valence-corrected chi connectivity index (χ1v) is 10.2. The second kappa shape index (κ2) is 8.11. The predicted molar refractivity (Wildman–Crippen MR) is 95.2 cm³/mol. The molecule has 0 spiro atoms. The van der Waals surface area contributed by atoms with Crippen LogP contribution in [0.1, 0.15) is 57.2 Å². The Morgan fingerprint density at radius 1 is 1.26 bits per heavy atom. The highest BCUT2D eigenvalue weighted by atomic mass is 32.2. The zero-order valence-corrected chi connectivity index (χ0v) is 15.3. The minimum absolute atomic E-state index is 0.304. The molecule has 5 nitrogen and oxygen atoms in total. The van der Waals surface area contributed by atoms with Crippen molar-refractivity contribution in [1.29, 1.82) is 0 Å². The number of rotatable bonds is 8. The third-order valence-corrected chi connectivity index (χ3v) is 6.46. The minimum Gasteiger partial charge on any atom is -0.356 e. The fraction of sp³-hybridized carbons (Fsp3) is 0.706. The lowest BCUT2D eigenvalue weighted by atomic mass is 10.2. The van der Waals surface area contributed by atoms with E-state index in [9.17, 15) is 8.42 Å². The Morgan fingerprint density at radius 2 is 1.96 bits per heavy atom. The van der Waals surface area contributed by atoms with E-state index < -0.39 is 10.0 Å². The molecule has 1 fully saturated rings. The molecule has 1 unspecified atom stereocenters. The van der Waals surface area contributed by atoms with E-state index in [4.69, 9.17) is 0 Å². The van der Waals surface area contributed by atoms with Gasteiger partial charge in [-0.3, -0.25) is 0 Å². The smallest absolute Gasteiger partial charge is 0.214 e. The van der Waals surface area contributed by atoms with Crippen LogP contribution >= 0.6 is 0 Å². The number of nitrogens with zero attached hydrogens (tertiary/aromatic N) is 2. The predicted octanol–water partition coefficient (Wildman–Crippen LogP) is 2.99. The monoisotopic (exact) mass is 339 g/mol. The molecule has 1 N–H and O–H groups in total. The van der Waals surface area contributed by atoms with Crippen LogP contribution < -0.4 is 9.62 Å². The lowest BCUT2D eigenvalue weighted by Crippen LogP contribution is -2.34. The van der Waals surface area contributed by atoms with Gasteiger partial charge in [0, 0.05) is 30.9 Å². The van der Waals surface area contributed by atoms with Crippen molar-refractivity contribution in [2.45, 2.75) is 64.7 Å². The Labute approximate surface area is 140 Å². The summed E-state index contributed by atoms with van der Waals surface area (Å²) in [6.07, 6.45) is 4.58. The van der Waals surface area contributed by atoms with Crippen LogP contribution in [0, 0.1) is 6.92 Å². The van der Waals surface area contributed by atoms with Crippen molar-refractivity contribution >= 4 is 15.8 Å². The molecule has 0 aromatic carbocycles. The van der Waals surface area contributed by atoms with E-state index in [1.54, 1.807) is 0 Å². The summed E-state index contributed by atoms with van der Waals surface area (Å²) in [4.78, 5) is 6.91. The number of hydrogen-bond acceptors (Lipinski definition) is 4. The normalized spacial score (nSPS) is 16.7. The maximum Gasteiger partial charge on any atom is 0.214 e. The van der Waals surface area contributed by atoms with Crippen molar-refractivity contribution in [3.63, 3.8) is 0 Å². The van der Waals surface area contributed by atoms with E-state index in [2.05, 4.69) is 14.6 Å². The molecule has 1 aliphatic heterocycles. The van der Waals surface area contributed by atoms with Crippen molar-refractivity contribution in [2.75, 3.05) is 18.0 Å². The van der Waals surface area contributed by atoms with Gasteiger partial charge in [-0.1, -0.05) is 26.3 Å². The molecule has 0 radical (unpaired) electrons. The van der Waals surface area contributed by atoms with E-state index >= 15 is 0 Å². The first-order valence-electron chi connectivity index (χ1n) is 8.67. The van der Waals surface area contributed by atoms with Crippen LogP contribution in [0.5, 0.6) is 0 Å². The molecular weight excluding hydrogens is 310 g/mol. The molecule has 1 aliphatic rings. The summed E-state index contributed by atoms with van der Waals surface area (Å²) >= 11 is 0. The third-order valence-electron chi connectivity index (χ3n) is 4.47. The van der Waals surface area contributed by atoms with Crippen LogP contribution in [0.15, 0.2) is 12.1 Å². The molecule has 1 saturated heterocycles. The van der Waals surface area contributed by atoms with E-state index in [0.29, 0.717) is 19.4 Å². The highest BCUT2D eigenvalue weighted by molar-refractivity contribution is 7.90. The van der Waals surface area contributed by atoms with Gasteiger partial charge in [-0.25, -0.2) is 18.1 Å². The average Bonchev–Trinajstić information content (AvgIpc) is 3.05. The first kappa shape index (κ1) is 18.2. The molecule has 2 rings (SSSR count). The van der Waals surface area contributed by atoms with Crippen LogP contribution in [0.2, 0.25) is 0 Å². The Hall–Kier alpha value is -1.14. The van der Waals surface area contributed by atoms with Gasteiger partial charge in [0.2, 0.25) is 10.0 Å². The quantitative estimate of drug-likeness (QED) is 0.791. The summed E-state index contributed by atoms with van der Waals surface area (Å²) in [5.74, 6) is 0.939. The summed E-state index contributed by atoms with van der Waals surface area (Å²) < 4.78 is 27.8. The molecule has 1 aromatic rings. The highest BCUT2D eigenvalue weighted by Gasteiger charge is 2.24. The Balaban J connectivity index is 2.13. The second-order valence-electron chi connectivity index (χ2n) is 6.31. The van der Waals surface area contributed by atoms with Crippen LogP contribution in [-0.4, -0.2) is 31.7 Å². The van der Waals surface area contributed by atoms with Crippen molar-refractivity contribution in [3.05, 3.63) is 23.4 Å². The van der Waals surface area contributed by atoms with E-state index in [1.165, 1.54) is 12.8 Å². The van der Waals surface area contributed by atoms with Gasteiger partial charge in [-0.2, -0.15) is 0 Å². The molecule has 1 atom stereocenters. The van der Waals surface area contributed by atoms with Crippen LogP contribution in [0.4, 0.5) is 5.82 Å². The van der Waals surface area contributed by atoms with Crippen molar-refractivity contribution in [2.24, 2.45) is 0 Å². The van der Waals surface area contributed by atoms with Crippen molar-refractivity contribution in [1.82, 2.24) is 9.71 Å². The fourth-order valence-electron chi connectivity index (χ4n) is 3.11. The van der Waals surface area contributed by atoms with Crippen LogP contribution in [-0.2, 0) is 16.6 Å². The zero-order valence-electron chi connectivity index (χ0n) is 14.5. The van der Waals surface area contributed by atoms with Gasteiger partial charge < -0.3 is 4.90 Å². The summed E-state index contributed by atoms with van der Waals surface area (Å²) in [6, 6.07) is 3.95. The molecular formula is C17H29N3O2S. The molecule has 0 amide bonds. The Kier molecular flexibility index (Phi) is 6.41. The molecule has 0 saturated carbocycles.